The first-order chi connectivity index (χ1) is 27.5. The smallest absolute Gasteiger partial charge is 0.268 e. The zero-order valence-electron chi connectivity index (χ0n) is 31.0. The van der Waals surface area contributed by atoms with Crippen LogP contribution >= 0.6 is 0 Å². The Bertz CT molecular complexity index is 2930. The van der Waals surface area contributed by atoms with Crippen molar-refractivity contribution in [2.45, 2.75) is 13.8 Å². The fourth-order valence-electron chi connectivity index (χ4n) is 8.47. The third kappa shape index (κ3) is 5.30. The molecule has 2 heterocycles. The van der Waals surface area contributed by atoms with Gasteiger partial charge in [0.25, 0.3) is 11.8 Å². The summed E-state index contributed by atoms with van der Waals surface area (Å²) in [6.45, 7) is 4.28. The van der Waals surface area contributed by atoms with Gasteiger partial charge in [0.05, 0.1) is 33.5 Å². The number of carbonyl (C=O) groups excluding carboxylic acids is 2. The van der Waals surface area contributed by atoms with Crippen LogP contribution in [0.1, 0.15) is 31.8 Å². The average molecular weight is 721 g/mol. The van der Waals surface area contributed by atoms with Crippen molar-refractivity contribution in [3.8, 4) is 50.2 Å². The number of hydrogen-bond acceptors (Lipinski definition) is 2. The van der Waals surface area contributed by atoms with E-state index in [1.165, 1.54) is 27.2 Å². The standard InChI is InChI=1S/C52H36N2O2/c1-33-14-9-11-20-40(33)38-25-28-47-44(31-38)45-32-39(41-21-12-10-15-34(41)2)26-29-48(45)53(47)49-23-13-22-42-50(49)52(56)54(51(42)55)46-27-24-37(35-16-5-3-6-17-35)30-43(46)36-18-7-4-8-19-36/h3-32H,1-2H3. The predicted molar refractivity (Wildman–Crippen MR) is 230 cm³/mol. The minimum absolute atomic E-state index is 0.332. The first-order valence-electron chi connectivity index (χ1n) is 18.9. The van der Waals surface area contributed by atoms with Crippen molar-refractivity contribution in [2.24, 2.45) is 0 Å². The summed E-state index contributed by atoms with van der Waals surface area (Å²) in [5.74, 6) is -0.672. The molecule has 1 aliphatic heterocycles. The van der Waals surface area contributed by atoms with Gasteiger partial charge in [0.15, 0.2) is 0 Å². The molecular weight excluding hydrogens is 685 g/mol. The molecule has 0 saturated heterocycles. The Kier molecular flexibility index (Phi) is 7.86. The van der Waals surface area contributed by atoms with E-state index >= 15 is 0 Å². The average Bonchev–Trinajstić information content (AvgIpc) is 3.70. The fourth-order valence-corrected chi connectivity index (χ4v) is 8.47. The first kappa shape index (κ1) is 33.3. The highest BCUT2D eigenvalue weighted by Gasteiger charge is 2.40. The summed E-state index contributed by atoms with van der Waals surface area (Å²) < 4.78 is 2.16. The van der Waals surface area contributed by atoms with Crippen molar-refractivity contribution in [1.29, 1.82) is 0 Å². The summed E-state index contributed by atoms with van der Waals surface area (Å²) in [5.41, 5.74) is 14.7. The van der Waals surface area contributed by atoms with Crippen molar-refractivity contribution in [1.82, 2.24) is 4.57 Å². The zero-order chi connectivity index (χ0) is 37.9. The molecule has 2 amide bonds. The third-order valence-electron chi connectivity index (χ3n) is 11.2. The van der Waals surface area contributed by atoms with Crippen molar-refractivity contribution < 1.29 is 9.59 Å². The van der Waals surface area contributed by atoms with Gasteiger partial charge in [-0.05, 0) is 112 Å². The van der Waals surface area contributed by atoms with Crippen LogP contribution in [-0.4, -0.2) is 16.4 Å². The van der Waals surface area contributed by atoms with Gasteiger partial charge >= 0.3 is 0 Å². The predicted octanol–water partition coefficient (Wildman–Crippen LogP) is 12.9. The van der Waals surface area contributed by atoms with Crippen LogP contribution in [0.25, 0.3) is 72.0 Å². The molecule has 8 aromatic carbocycles. The molecule has 9 aromatic rings. The van der Waals surface area contributed by atoms with E-state index in [4.69, 9.17) is 0 Å². The van der Waals surface area contributed by atoms with Crippen LogP contribution in [0, 0.1) is 13.8 Å². The second-order valence-corrected chi connectivity index (χ2v) is 14.5. The van der Waals surface area contributed by atoms with Crippen LogP contribution in [0.15, 0.2) is 182 Å². The second kappa shape index (κ2) is 13.2. The lowest BCUT2D eigenvalue weighted by atomic mass is 9.97. The van der Waals surface area contributed by atoms with Crippen LogP contribution in [-0.2, 0) is 0 Å². The molecule has 0 unspecified atom stereocenters. The van der Waals surface area contributed by atoms with Gasteiger partial charge < -0.3 is 4.57 Å². The van der Waals surface area contributed by atoms with E-state index in [0.717, 1.165) is 55.2 Å². The van der Waals surface area contributed by atoms with Gasteiger partial charge in [0.1, 0.15) is 0 Å². The van der Waals surface area contributed by atoms with Gasteiger partial charge in [-0.3, -0.25) is 9.59 Å². The molecule has 266 valence electrons. The number of fused-ring (bicyclic) bond motifs is 4. The minimum Gasteiger partial charge on any atom is -0.308 e. The van der Waals surface area contributed by atoms with E-state index in [0.29, 0.717) is 22.5 Å². The number of hydrogen-bond donors (Lipinski definition) is 0. The molecule has 10 rings (SSSR count). The molecule has 0 fully saturated rings. The normalized spacial score (nSPS) is 12.5. The summed E-state index contributed by atoms with van der Waals surface area (Å²) in [7, 11) is 0. The van der Waals surface area contributed by atoms with Gasteiger partial charge in [-0.15, -0.1) is 0 Å². The highest BCUT2D eigenvalue weighted by molar-refractivity contribution is 6.36. The Morgan fingerprint density at radius 2 is 0.875 bits per heavy atom. The molecule has 56 heavy (non-hydrogen) atoms. The van der Waals surface area contributed by atoms with E-state index in [9.17, 15) is 9.59 Å². The Hall–Kier alpha value is -7.30. The molecule has 0 N–H and O–H groups in total. The number of amides is 2. The van der Waals surface area contributed by atoms with Gasteiger partial charge in [-0.2, -0.15) is 0 Å². The molecular formula is C52H36N2O2. The molecule has 0 bridgehead atoms. The lowest BCUT2D eigenvalue weighted by molar-refractivity contribution is 0.0926. The van der Waals surface area contributed by atoms with Crippen LogP contribution in [0.5, 0.6) is 0 Å². The molecule has 1 aliphatic rings. The van der Waals surface area contributed by atoms with Crippen molar-refractivity contribution in [2.75, 3.05) is 4.90 Å². The summed E-state index contributed by atoms with van der Waals surface area (Å²) in [5, 5.41) is 2.15. The maximum absolute atomic E-state index is 15.0. The monoisotopic (exact) mass is 720 g/mol. The Morgan fingerprint density at radius 1 is 0.357 bits per heavy atom. The zero-order valence-corrected chi connectivity index (χ0v) is 31.0. The van der Waals surface area contributed by atoms with Crippen molar-refractivity contribution in [3.05, 3.63) is 204 Å². The van der Waals surface area contributed by atoms with Gasteiger partial charge in [0.2, 0.25) is 0 Å². The maximum Gasteiger partial charge on any atom is 0.268 e. The number of aromatic nitrogens is 1. The molecule has 0 radical (unpaired) electrons. The van der Waals surface area contributed by atoms with Gasteiger partial charge in [-0.1, -0.05) is 133 Å². The number of benzene rings is 8. The molecule has 0 saturated carbocycles. The molecule has 1 aromatic heterocycles. The number of aryl methyl sites for hydroxylation is 2. The highest BCUT2D eigenvalue weighted by Crippen LogP contribution is 2.43. The van der Waals surface area contributed by atoms with Crippen LogP contribution < -0.4 is 4.90 Å². The molecule has 0 spiro atoms. The lowest BCUT2D eigenvalue weighted by Crippen LogP contribution is -2.30. The SMILES string of the molecule is Cc1ccccc1-c1ccc2c(c1)c1cc(-c3ccccc3C)ccc1n2-c1cccc2c1C(=O)N(c1ccc(-c3ccccc3)cc1-c1ccccc1)C2=O. The van der Waals surface area contributed by atoms with Gasteiger partial charge in [0, 0.05) is 16.3 Å². The Morgan fingerprint density at radius 3 is 1.46 bits per heavy atom. The highest BCUT2D eigenvalue weighted by atomic mass is 16.2. The Labute approximate surface area is 325 Å². The van der Waals surface area contributed by atoms with Gasteiger partial charge in [-0.25, -0.2) is 4.90 Å². The fraction of sp³-hybridized carbons (Fsp3) is 0.0385. The minimum atomic E-state index is -0.340. The number of nitrogens with zero attached hydrogens (tertiary/aromatic N) is 2. The summed E-state index contributed by atoms with van der Waals surface area (Å²) in [6.07, 6.45) is 0. The number of imide groups is 1. The van der Waals surface area contributed by atoms with E-state index < -0.39 is 0 Å². The second-order valence-electron chi connectivity index (χ2n) is 14.5. The summed E-state index contributed by atoms with van der Waals surface area (Å²) in [4.78, 5) is 30.9. The molecule has 0 atom stereocenters. The Balaban J connectivity index is 1.18. The molecule has 4 nitrogen and oxygen atoms in total. The van der Waals surface area contributed by atoms with E-state index in [-0.39, 0.29) is 11.8 Å². The first-order valence-corrected chi connectivity index (χ1v) is 18.9. The topological polar surface area (TPSA) is 42.3 Å². The van der Waals surface area contributed by atoms with Crippen LogP contribution in [0.2, 0.25) is 0 Å². The lowest BCUT2D eigenvalue weighted by Gasteiger charge is -2.20. The number of rotatable bonds is 6. The van der Waals surface area contributed by atoms with Crippen LogP contribution in [0.3, 0.4) is 0 Å². The number of carbonyl (C=O) groups is 2. The van der Waals surface area contributed by atoms with Crippen molar-refractivity contribution in [3.63, 3.8) is 0 Å². The molecule has 4 heteroatoms. The quantitative estimate of drug-likeness (QED) is 0.161. The third-order valence-corrected chi connectivity index (χ3v) is 11.2. The maximum atomic E-state index is 15.0. The van der Waals surface area contributed by atoms with Crippen LogP contribution in [0.4, 0.5) is 5.69 Å². The van der Waals surface area contributed by atoms with E-state index in [1.807, 2.05) is 72.8 Å². The van der Waals surface area contributed by atoms with Crippen molar-refractivity contribution >= 4 is 39.3 Å². The summed E-state index contributed by atoms with van der Waals surface area (Å²) >= 11 is 0. The largest absolute Gasteiger partial charge is 0.308 e. The summed E-state index contributed by atoms with van der Waals surface area (Å²) in [6, 6.07) is 61.8. The number of anilines is 1. The molecule has 0 aliphatic carbocycles. The van der Waals surface area contributed by atoms with E-state index in [1.54, 1.807) is 6.07 Å². The van der Waals surface area contributed by atoms with E-state index in [2.05, 4.69) is 122 Å².